The molecule has 0 unspecified atom stereocenters. The van der Waals surface area contributed by atoms with Crippen molar-refractivity contribution in [3.63, 3.8) is 0 Å². The lowest BCUT2D eigenvalue weighted by atomic mass is 10.2. The summed E-state index contributed by atoms with van der Waals surface area (Å²) in [4.78, 5) is 12.4. The van der Waals surface area contributed by atoms with Crippen LogP contribution in [0, 0.1) is 0 Å². The van der Waals surface area contributed by atoms with Crippen LogP contribution in [0.1, 0.15) is 26.6 Å². The van der Waals surface area contributed by atoms with Gasteiger partial charge in [-0.25, -0.2) is 13.9 Å². The van der Waals surface area contributed by atoms with E-state index < -0.39 is 0 Å². The highest BCUT2D eigenvalue weighted by atomic mass is 16.5. The first-order valence-corrected chi connectivity index (χ1v) is 9.25. The summed E-state index contributed by atoms with van der Waals surface area (Å²) in [6.45, 7) is 7.61. The molecule has 0 amide bonds. The number of imidazole rings is 1. The Kier molecular flexibility index (Phi) is 5.60. The molecule has 1 N–H and O–H groups in total. The van der Waals surface area contributed by atoms with Gasteiger partial charge in [-0.05, 0) is 45.0 Å². The minimum absolute atomic E-state index is 0.344. The highest BCUT2D eigenvalue weighted by molar-refractivity contribution is 5.99. The van der Waals surface area contributed by atoms with E-state index in [1.807, 2.05) is 42.5 Å². The van der Waals surface area contributed by atoms with E-state index in [2.05, 4.69) is 40.4 Å². The van der Waals surface area contributed by atoms with E-state index in [4.69, 9.17) is 4.74 Å². The molecule has 0 atom stereocenters. The van der Waals surface area contributed by atoms with Gasteiger partial charge >= 0.3 is 11.8 Å². The van der Waals surface area contributed by atoms with Gasteiger partial charge in [0.2, 0.25) is 0 Å². The van der Waals surface area contributed by atoms with Crippen LogP contribution in [0.2, 0.25) is 0 Å². The summed E-state index contributed by atoms with van der Waals surface area (Å²) in [5.74, 6) is 0.622. The lowest BCUT2D eigenvalue weighted by Crippen LogP contribution is -2.38. The molecular weight excluding hydrogens is 338 g/mol. The van der Waals surface area contributed by atoms with E-state index in [9.17, 15) is 4.79 Å². The minimum atomic E-state index is -0.344. The van der Waals surface area contributed by atoms with Crippen LogP contribution in [-0.2, 0) is 22.6 Å². The third-order valence-electron chi connectivity index (χ3n) is 4.74. The van der Waals surface area contributed by atoms with Gasteiger partial charge in [0.25, 0.3) is 0 Å². The number of ether oxygens (including phenoxy) is 1. The van der Waals surface area contributed by atoms with Gasteiger partial charge in [-0.15, -0.1) is 0 Å². The number of aryl methyl sites for hydroxylation is 2. The first-order valence-electron chi connectivity index (χ1n) is 9.25. The van der Waals surface area contributed by atoms with Crippen LogP contribution in [0.3, 0.4) is 0 Å². The number of methoxy groups -OCH3 is 1. The van der Waals surface area contributed by atoms with Crippen LogP contribution in [0.4, 0.5) is 5.69 Å². The first-order chi connectivity index (χ1) is 13.1. The fraction of sp³-hybridized carbons (Fsp3) is 0.273. The summed E-state index contributed by atoms with van der Waals surface area (Å²) in [6, 6.07) is 18.2. The molecule has 1 heterocycles. The number of esters is 1. The Hall–Kier alpha value is -3.08. The van der Waals surface area contributed by atoms with E-state index in [0.29, 0.717) is 5.57 Å². The Morgan fingerprint density at radius 3 is 2.37 bits per heavy atom. The first kappa shape index (κ1) is 18.7. The minimum Gasteiger partial charge on any atom is -0.466 e. The Bertz CT molecular complexity index is 946. The highest BCUT2D eigenvalue weighted by Gasteiger charge is 2.29. The molecule has 1 aromatic heterocycles. The maximum atomic E-state index is 12.4. The molecule has 0 aliphatic rings. The molecule has 2 aromatic carbocycles. The molecule has 0 bridgehead atoms. The molecule has 0 aliphatic carbocycles. The molecule has 0 radical (unpaired) electrons. The lowest BCUT2D eigenvalue weighted by Gasteiger charge is -2.13. The second-order valence-corrected chi connectivity index (χ2v) is 6.28. The average molecular weight is 364 g/mol. The van der Waals surface area contributed by atoms with E-state index in [1.54, 1.807) is 6.92 Å². The number of carbonyl (C=O) groups excluding carboxylic acids is 1. The topological polar surface area (TPSA) is 47.1 Å². The van der Waals surface area contributed by atoms with Crippen LogP contribution in [0.25, 0.3) is 16.7 Å². The molecule has 0 saturated heterocycles. The summed E-state index contributed by atoms with van der Waals surface area (Å²) in [7, 11) is 1.41. The molecular formula is C22H26N3O2+. The van der Waals surface area contributed by atoms with Crippen molar-refractivity contribution in [1.29, 1.82) is 0 Å². The zero-order chi connectivity index (χ0) is 19.4. The predicted octanol–water partition coefficient (Wildman–Crippen LogP) is 3.98. The van der Waals surface area contributed by atoms with Gasteiger partial charge in [0.05, 0.1) is 25.8 Å². The number of nitrogens with zero attached hydrogens (tertiary/aromatic N) is 2. The molecule has 0 aliphatic heterocycles. The Balaban J connectivity index is 2.31. The molecule has 0 fully saturated rings. The molecule has 0 saturated carbocycles. The maximum absolute atomic E-state index is 12.4. The number of carbonyl (C=O) groups is 1. The van der Waals surface area contributed by atoms with Crippen LogP contribution in [0.15, 0.2) is 60.2 Å². The third kappa shape index (κ3) is 3.45. The number of anilines is 1. The van der Waals surface area contributed by atoms with Crippen molar-refractivity contribution in [2.45, 2.75) is 33.9 Å². The summed E-state index contributed by atoms with van der Waals surface area (Å²) in [5.41, 5.74) is 4.50. The monoisotopic (exact) mass is 364 g/mol. The molecule has 5 heteroatoms. The van der Waals surface area contributed by atoms with Gasteiger partial charge in [0, 0.05) is 5.69 Å². The van der Waals surface area contributed by atoms with Crippen molar-refractivity contribution in [1.82, 2.24) is 4.57 Å². The summed E-state index contributed by atoms with van der Waals surface area (Å²) in [6.07, 6.45) is 0. The van der Waals surface area contributed by atoms with Crippen molar-refractivity contribution >= 4 is 28.4 Å². The second-order valence-electron chi connectivity index (χ2n) is 6.28. The number of rotatable bonds is 6. The van der Waals surface area contributed by atoms with E-state index in [0.717, 1.165) is 41.3 Å². The Labute approximate surface area is 159 Å². The largest absolute Gasteiger partial charge is 0.466 e. The van der Waals surface area contributed by atoms with Crippen LogP contribution in [-0.4, -0.2) is 17.6 Å². The standard InChI is InChI=1S/C22H25N3O2/c1-5-24-18-14-10-11-15-19(18)25(6-2)21(24)20(16(3)22(26)27-4)23-17-12-8-7-9-13-17/h7-15H,5-6H2,1-4H3/p+1. The van der Waals surface area contributed by atoms with Crippen molar-refractivity contribution in [3.8, 4) is 0 Å². The average Bonchev–Trinajstić information content (AvgIpc) is 3.04. The molecule has 0 spiro atoms. The zero-order valence-electron chi connectivity index (χ0n) is 16.3. The Morgan fingerprint density at radius 2 is 1.74 bits per heavy atom. The van der Waals surface area contributed by atoms with E-state index in [1.165, 1.54) is 7.11 Å². The maximum Gasteiger partial charge on any atom is 0.335 e. The normalized spacial score (nSPS) is 12.0. The lowest BCUT2D eigenvalue weighted by molar-refractivity contribution is -0.671. The highest BCUT2D eigenvalue weighted by Crippen LogP contribution is 2.25. The van der Waals surface area contributed by atoms with Crippen molar-refractivity contribution in [2.24, 2.45) is 0 Å². The number of para-hydroxylation sites is 3. The number of hydrogen-bond acceptors (Lipinski definition) is 3. The zero-order valence-corrected chi connectivity index (χ0v) is 16.3. The van der Waals surface area contributed by atoms with Crippen molar-refractivity contribution in [3.05, 3.63) is 66.0 Å². The number of nitrogens with one attached hydrogen (secondary N) is 1. The molecule has 3 rings (SSSR count). The summed E-state index contributed by atoms with van der Waals surface area (Å²) >= 11 is 0. The van der Waals surface area contributed by atoms with Gasteiger partial charge < -0.3 is 10.1 Å². The fourth-order valence-electron chi connectivity index (χ4n) is 3.44. The number of fused-ring (bicyclic) bond motifs is 1. The van der Waals surface area contributed by atoms with Gasteiger partial charge in [0.1, 0.15) is 5.70 Å². The smallest absolute Gasteiger partial charge is 0.335 e. The van der Waals surface area contributed by atoms with Gasteiger partial charge in [-0.1, -0.05) is 30.3 Å². The van der Waals surface area contributed by atoms with E-state index in [-0.39, 0.29) is 5.97 Å². The number of aromatic nitrogens is 2. The molecule has 3 aromatic rings. The third-order valence-corrected chi connectivity index (χ3v) is 4.74. The van der Waals surface area contributed by atoms with Gasteiger partial charge in [-0.2, -0.15) is 0 Å². The quantitative estimate of drug-likeness (QED) is 0.409. The molecule has 27 heavy (non-hydrogen) atoms. The Morgan fingerprint density at radius 1 is 1.07 bits per heavy atom. The van der Waals surface area contributed by atoms with Crippen molar-refractivity contribution < 1.29 is 14.1 Å². The SMILES string of the molecule is CCn1c(/C(Nc2ccccc2)=C(/C)C(=O)OC)[n+](CC)c2ccccc21. The summed E-state index contributed by atoms with van der Waals surface area (Å²) < 4.78 is 9.48. The van der Waals surface area contributed by atoms with E-state index >= 15 is 0 Å². The molecule has 140 valence electrons. The predicted molar refractivity (Wildman–Crippen MR) is 108 cm³/mol. The summed E-state index contributed by atoms with van der Waals surface area (Å²) in [5, 5.41) is 3.46. The van der Waals surface area contributed by atoms with Crippen molar-refractivity contribution in [2.75, 3.05) is 12.4 Å². The number of benzene rings is 2. The molecule has 5 nitrogen and oxygen atoms in total. The second kappa shape index (κ2) is 8.08. The van der Waals surface area contributed by atoms with Gasteiger partial charge in [-0.3, -0.25) is 0 Å². The van der Waals surface area contributed by atoms with Crippen LogP contribution >= 0.6 is 0 Å². The van der Waals surface area contributed by atoms with Crippen LogP contribution < -0.4 is 9.88 Å². The van der Waals surface area contributed by atoms with Gasteiger partial charge in [0.15, 0.2) is 11.0 Å². The number of hydrogen-bond donors (Lipinski definition) is 1. The fourth-order valence-corrected chi connectivity index (χ4v) is 3.44. The van der Waals surface area contributed by atoms with Crippen LogP contribution in [0.5, 0.6) is 0 Å².